The molecule has 3 N–H and O–H groups in total. The average Bonchev–Trinajstić information content (AvgIpc) is 2.96. The Labute approximate surface area is 152 Å². The molecule has 2 aromatic rings. The van der Waals surface area contributed by atoms with Gasteiger partial charge in [-0.3, -0.25) is 14.7 Å². The Bertz CT molecular complexity index is 773. The summed E-state index contributed by atoms with van der Waals surface area (Å²) < 4.78 is 5.51. The summed E-state index contributed by atoms with van der Waals surface area (Å²) in [6.45, 7) is 6.75. The number of hydrogen-bond acceptors (Lipinski definition) is 4. The highest BCUT2D eigenvalue weighted by Gasteiger charge is 2.48. The molecule has 26 heavy (non-hydrogen) atoms. The number of rotatable bonds is 7. The highest BCUT2D eigenvalue weighted by Crippen LogP contribution is 2.29. The summed E-state index contributed by atoms with van der Waals surface area (Å²) in [7, 11) is 0. The number of nitrogens with one attached hydrogen (secondary N) is 1. The van der Waals surface area contributed by atoms with E-state index in [0.717, 1.165) is 16.8 Å². The molecule has 0 aliphatic heterocycles. The summed E-state index contributed by atoms with van der Waals surface area (Å²) in [6, 6.07) is 7.12. The summed E-state index contributed by atoms with van der Waals surface area (Å²) in [5, 5.41) is 26.1. The molecule has 0 saturated carbocycles. The number of ether oxygens (including phenoxy) is 1. The number of hydrogen-bond donors (Lipinski definition) is 3. The first-order valence-corrected chi connectivity index (χ1v) is 8.25. The van der Waals surface area contributed by atoms with Crippen molar-refractivity contribution in [3.05, 3.63) is 41.7 Å². The standard InChI is InChI=1S/C19H24N2O5/c1-12-15(10-20-21-12)14-7-5-13(6-8-14)9-19(16(22)23,17(24)25)11-26-18(2,3)4/h5-8,10H,9,11H2,1-4H3,(H,20,21)(H,22,23)(H,24,25). The van der Waals surface area contributed by atoms with Crippen LogP contribution in [-0.2, 0) is 20.7 Å². The van der Waals surface area contributed by atoms with Gasteiger partial charge in [0.25, 0.3) is 0 Å². The molecule has 140 valence electrons. The molecule has 0 unspecified atom stereocenters. The molecule has 0 amide bonds. The number of aryl methyl sites for hydroxylation is 1. The van der Waals surface area contributed by atoms with Gasteiger partial charge in [0.2, 0.25) is 0 Å². The van der Waals surface area contributed by atoms with Crippen LogP contribution in [0.2, 0.25) is 0 Å². The fourth-order valence-electron chi connectivity index (χ4n) is 2.55. The van der Waals surface area contributed by atoms with Gasteiger partial charge in [0.15, 0.2) is 5.41 Å². The fourth-order valence-corrected chi connectivity index (χ4v) is 2.55. The monoisotopic (exact) mass is 360 g/mol. The zero-order chi connectivity index (χ0) is 19.5. The molecule has 1 aromatic carbocycles. The van der Waals surface area contributed by atoms with Crippen LogP contribution in [0.25, 0.3) is 11.1 Å². The molecule has 0 atom stereocenters. The first-order valence-electron chi connectivity index (χ1n) is 8.25. The number of carboxylic acid groups (broad SMARTS) is 2. The normalized spacial score (nSPS) is 12.2. The second-order valence-electron chi connectivity index (χ2n) is 7.38. The molecule has 0 aliphatic rings. The number of H-pyrrole nitrogens is 1. The van der Waals surface area contributed by atoms with Crippen molar-refractivity contribution in [2.75, 3.05) is 6.61 Å². The summed E-state index contributed by atoms with van der Waals surface area (Å²) in [5.74, 6) is -2.83. The number of nitrogens with zero attached hydrogens (tertiary/aromatic N) is 1. The van der Waals surface area contributed by atoms with Crippen molar-refractivity contribution >= 4 is 11.9 Å². The zero-order valence-electron chi connectivity index (χ0n) is 15.4. The van der Waals surface area contributed by atoms with E-state index in [-0.39, 0.29) is 6.42 Å². The molecule has 0 radical (unpaired) electrons. The number of aromatic amines is 1. The van der Waals surface area contributed by atoms with Crippen LogP contribution in [0.4, 0.5) is 0 Å². The molecular weight excluding hydrogens is 336 g/mol. The van der Waals surface area contributed by atoms with Crippen LogP contribution < -0.4 is 0 Å². The minimum absolute atomic E-state index is 0.168. The average molecular weight is 360 g/mol. The molecular formula is C19H24N2O5. The number of aromatic nitrogens is 2. The minimum atomic E-state index is -2.04. The number of carboxylic acids is 2. The molecule has 0 fully saturated rings. The molecule has 0 bridgehead atoms. The van der Waals surface area contributed by atoms with Crippen LogP contribution in [0.5, 0.6) is 0 Å². The van der Waals surface area contributed by atoms with Gasteiger partial charge in [-0.2, -0.15) is 5.10 Å². The van der Waals surface area contributed by atoms with Crippen LogP contribution in [0.1, 0.15) is 32.0 Å². The van der Waals surface area contributed by atoms with E-state index in [1.807, 2.05) is 19.1 Å². The van der Waals surface area contributed by atoms with E-state index in [4.69, 9.17) is 4.74 Å². The van der Waals surface area contributed by atoms with Crippen LogP contribution >= 0.6 is 0 Å². The quantitative estimate of drug-likeness (QED) is 0.655. The van der Waals surface area contributed by atoms with Gasteiger partial charge in [-0.15, -0.1) is 0 Å². The van der Waals surface area contributed by atoms with Gasteiger partial charge in [-0.05, 0) is 38.8 Å². The molecule has 0 saturated heterocycles. The summed E-state index contributed by atoms with van der Waals surface area (Å²) in [4.78, 5) is 23.6. The second kappa shape index (κ2) is 7.29. The van der Waals surface area contributed by atoms with Crippen LogP contribution in [0.15, 0.2) is 30.5 Å². The van der Waals surface area contributed by atoms with E-state index < -0.39 is 29.6 Å². The number of carbonyl (C=O) groups is 2. The van der Waals surface area contributed by atoms with Crippen molar-refractivity contribution in [1.82, 2.24) is 10.2 Å². The van der Waals surface area contributed by atoms with E-state index in [1.54, 1.807) is 39.1 Å². The summed E-state index contributed by atoms with van der Waals surface area (Å²) in [6.07, 6.45) is 1.54. The van der Waals surface area contributed by atoms with E-state index in [9.17, 15) is 19.8 Å². The molecule has 7 nitrogen and oxygen atoms in total. The SMILES string of the molecule is Cc1[nH]ncc1-c1ccc(CC(COC(C)(C)C)(C(=O)O)C(=O)O)cc1. The summed E-state index contributed by atoms with van der Waals surface area (Å²) in [5.41, 5.74) is 0.704. The molecule has 2 rings (SSSR count). The maximum atomic E-state index is 11.8. The van der Waals surface area contributed by atoms with Crippen molar-refractivity contribution < 1.29 is 24.5 Å². The zero-order valence-corrected chi connectivity index (χ0v) is 15.4. The van der Waals surface area contributed by atoms with Gasteiger partial charge in [0.05, 0.1) is 18.4 Å². The van der Waals surface area contributed by atoms with Crippen molar-refractivity contribution in [3.8, 4) is 11.1 Å². The van der Waals surface area contributed by atoms with Crippen LogP contribution in [0, 0.1) is 12.3 Å². The Kier molecular flexibility index (Phi) is 5.51. The smallest absolute Gasteiger partial charge is 0.323 e. The largest absolute Gasteiger partial charge is 0.480 e. The molecule has 0 aliphatic carbocycles. The molecule has 1 heterocycles. The number of aliphatic carboxylic acids is 2. The lowest BCUT2D eigenvalue weighted by Gasteiger charge is -2.29. The van der Waals surface area contributed by atoms with Crippen molar-refractivity contribution in [2.45, 2.75) is 39.7 Å². The van der Waals surface area contributed by atoms with Gasteiger partial charge < -0.3 is 14.9 Å². The lowest BCUT2D eigenvalue weighted by molar-refractivity contribution is -0.173. The first kappa shape index (κ1) is 19.7. The van der Waals surface area contributed by atoms with Gasteiger partial charge in [-0.1, -0.05) is 24.3 Å². The maximum absolute atomic E-state index is 11.8. The maximum Gasteiger partial charge on any atom is 0.323 e. The van der Waals surface area contributed by atoms with E-state index >= 15 is 0 Å². The highest BCUT2D eigenvalue weighted by atomic mass is 16.5. The first-order chi connectivity index (χ1) is 12.0. The highest BCUT2D eigenvalue weighted by molar-refractivity contribution is 5.98. The van der Waals surface area contributed by atoms with Gasteiger partial charge in [-0.25, -0.2) is 0 Å². The lowest BCUT2D eigenvalue weighted by Crippen LogP contribution is -2.47. The fraction of sp³-hybridized carbons (Fsp3) is 0.421. The van der Waals surface area contributed by atoms with Crippen molar-refractivity contribution in [1.29, 1.82) is 0 Å². The topological polar surface area (TPSA) is 113 Å². The van der Waals surface area contributed by atoms with Crippen LogP contribution in [-0.4, -0.2) is 44.6 Å². The minimum Gasteiger partial charge on any atom is -0.480 e. The van der Waals surface area contributed by atoms with E-state index in [1.165, 1.54) is 0 Å². The lowest BCUT2D eigenvalue weighted by atomic mass is 9.82. The molecule has 1 aromatic heterocycles. The third-order valence-electron chi connectivity index (χ3n) is 4.17. The number of benzene rings is 1. The summed E-state index contributed by atoms with van der Waals surface area (Å²) >= 11 is 0. The Morgan fingerprint density at radius 2 is 1.69 bits per heavy atom. The van der Waals surface area contributed by atoms with E-state index in [0.29, 0.717) is 5.56 Å². The Morgan fingerprint density at radius 1 is 1.12 bits per heavy atom. The Balaban J connectivity index is 2.29. The Hall–Kier alpha value is -2.67. The predicted molar refractivity (Wildman–Crippen MR) is 95.9 cm³/mol. The van der Waals surface area contributed by atoms with Crippen molar-refractivity contribution in [2.24, 2.45) is 5.41 Å². The third kappa shape index (κ3) is 4.29. The van der Waals surface area contributed by atoms with Crippen LogP contribution in [0.3, 0.4) is 0 Å². The molecule has 0 spiro atoms. The third-order valence-corrected chi connectivity index (χ3v) is 4.17. The second-order valence-corrected chi connectivity index (χ2v) is 7.38. The molecule has 7 heteroatoms. The van der Waals surface area contributed by atoms with Gasteiger partial charge in [0.1, 0.15) is 0 Å². The van der Waals surface area contributed by atoms with Gasteiger partial charge in [0, 0.05) is 17.7 Å². The predicted octanol–water partition coefficient (Wildman–Crippen LogP) is 2.90. The van der Waals surface area contributed by atoms with Gasteiger partial charge >= 0.3 is 11.9 Å². The Morgan fingerprint density at radius 3 is 2.12 bits per heavy atom. The van der Waals surface area contributed by atoms with Crippen molar-refractivity contribution in [3.63, 3.8) is 0 Å². The van der Waals surface area contributed by atoms with E-state index in [2.05, 4.69) is 10.2 Å².